The molecule has 0 spiro atoms. The average molecular weight is 266 g/mol. The zero-order valence-electron chi connectivity index (χ0n) is 9.26. The lowest BCUT2D eigenvalue weighted by Crippen LogP contribution is -2.23. The zero-order valence-corrected chi connectivity index (χ0v) is 10.1. The molecule has 1 heterocycles. The van der Waals surface area contributed by atoms with Gasteiger partial charge in [0, 0.05) is 6.54 Å². The van der Waals surface area contributed by atoms with E-state index in [0.29, 0.717) is 5.56 Å². The number of carbonyl (C=O) groups excluding carboxylic acids is 2. The van der Waals surface area contributed by atoms with Crippen molar-refractivity contribution in [3.63, 3.8) is 0 Å². The van der Waals surface area contributed by atoms with E-state index in [1.807, 2.05) is 4.72 Å². The SMILES string of the molecule is C=CC(=O)NCc1cccc2c1S(=O)(=O)NC2=O. The summed E-state index contributed by atoms with van der Waals surface area (Å²) in [6.07, 6.45) is 1.08. The van der Waals surface area contributed by atoms with Crippen LogP contribution in [0.3, 0.4) is 0 Å². The van der Waals surface area contributed by atoms with Gasteiger partial charge >= 0.3 is 0 Å². The molecule has 1 aromatic rings. The predicted octanol–water partition coefficient (Wildman–Crippen LogP) is -0.0791. The first-order valence-electron chi connectivity index (χ1n) is 5.05. The molecule has 0 radical (unpaired) electrons. The quantitative estimate of drug-likeness (QED) is 0.748. The molecule has 6 nitrogen and oxygen atoms in total. The van der Waals surface area contributed by atoms with Crippen molar-refractivity contribution in [2.45, 2.75) is 11.4 Å². The number of hydrogen-bond donors (Lipinski definition) is 2. The van der Waals surface area contributed by atoms with E-state index in [9.17, 15) is 18.0 Å². The third-order valence-electron chi connectivity index (χ3n) is 2.48. The molecule has 0 saturated carbocycles. The van der Waals surface area contributed by atoms with Crippen molar-refractivity contribution in [1.82, 2.24) is 10.0 Å². The van der Waals surface area contributed by atoms with Crippen LogP contribution in [0.1, 0.15) is 15.9 Å². The summed E-state index contributed by atoms with van der Waals surface area (Å²) in [5.74, 6) is -1.07. The van der Waals surface area contributed by atoms with E-state index in [2.05, 4.69) is 11.9 Å². The molecule has 1 aliphatic heterocycles. The van der Waals surface area contributed by atoms with Crippen LogP contribution in [0.4, 0.5) is 0 Å². The number of hydrogen-bond acceptors (Lipinski definition) is 4. The minimum Gasteiger partial charge on any atom is -0.348 e. The highest BCUT2D eigenvalue weighted by Crippen LogP contribution is 2.26. The number of sulfonamides is 1. The van der Waals surface area contributed by atoms with Crippen LogP contribution in [0.15, 0.2) is 35.7 Å². The first-order valence-corrected chi connectivity index (χ1v) is 6.53. The second-order valence-corrected chi connectivity index (χ2v) is 5.27. The Kier molecular flexibility index (Phi) is 2.92. The molecule has 2 amide bonds. The number of rotatable bonds is 3. The van der Waals surface area contributed by atoms with Crippen LogP contribution >= 0.6 is 0 Å². The molecule has 94 valence electrons. The van der Waals surface area contributed by atoms with Gasteiger partial charge in [0.1, 0.15) is 4.90 Å². The fourth-order valence-corrected chi connectivity index (χ4v) is 3.09. The summed E-state index contributed by atoms with van der Waals surface area (Å²) in [6.45, 7) is 3.31. The molecule has 2 rings (SSSR count). The molecule has 0 fully saturated rings. The third-order valence-corrected chi connectivity index (χ3v) is 3.95. The summed E-state index contributed by atoms with van der Waals surface area (Å²) >= 11 is 0. The lowest BCUT2D eigenvalue weighted by atomic mass is 10.1. The van der Waals surface area contributed by atoms with Crippen molar-refractivity contribution in [2.24, 2.45) is 0 Å². The Labute approximate surface area is 104 Å². The standard InChI is InChI=1S/C11H10N2O4S/c1-2-9(14)12-6-7-4-3-5-8-10(7)18(16,17)13-11(8)15/h2-5H,1,6H2,(H,12,14)(H,13,15). The van der Waals surface area contributed by atoms with Crippen molar-refractivity contribution in [1.29, 1.82) is 0 Å². The van der Waals surface area contributed by atoms with Crippen LogP contribution in [0.2, 0.25) is 0 Å². The minimum absolute atomic E-state index is 0.0161. The lowest BCUT2D eigenvalue weighted by molar-refractivity contribution is -0.116. The summed E-state index contributed by atoms with van der Waals surface area (Å²) in [7, 11) is -3.82. The molecule has 18 heavy (non-hydrogen) atoms. The Bertz CT molecular complexity index is 649. The van der Waals surface area contributed by atoms with Crippen LogP contribution in [0.5, 0.6) is 0 Å². The molecular weight excluding hydrogens is 256 g/mol. The van der Waals surface area contributed by atoms with E-state index < -0.39 is 21.8 Å². The van der Waals surface area contributed by atoms with Crippen molar-refractivity contribution in [2.75, 3.05) is 0 Å². The van der Waals surface area contributed by atoms with E-state index >= 15 is 0 Å². The van der Waals surface area contributed by atoms with Crippen molar-refractivity contribution < 1.29 is 18.0 Å². The Hall–Kier alpha value is -2.15. The maximum atomic E-state index is 11.7. The third kappa shape index (κ3) is 2.00. The molecule has 0 aromatic heterocycles. The zero-order chi connectivity index (χ0) is 13.3. The number of carbonyl (C=O) groups is 2. The molecule has 7 heteroatoms. The van der Waals surface area contributed by atoms with E-state index in [1.54, 1.807) is 12.1 Å². The second-order valence-electron chi connectivity index (χ2n) is 3.65. The van der Waals surface area contributed by atoms with Gasteiger partial charge in [0.15, 0.2) is 0 Å². The molecule has 0 atom stereocenters. The predicted molar refractivity (Wildman–Crippen MR) is 63.1 cm³/mol. The smallest absolute Gasteiger partial charge is 0.266 e. The van der Waals surface area contributed by atoms with Gasteiger partial charge in [-0.3, -0.25) is 9.59 Å². The monoisotopic (exact) mass is 266 g/mol. The van der Waals surface area contributed by atoms with Crippen LogP contribution in [0.25, 0.3) is 0 Å². The maximum absolute atomic E-state index is 11.7. The molecule has 2 N–H and O–H groups in total. The molecule has 0 saturated heterocycles. The highest BCUT2D eigenvalue weighted by molar-refractivity contribution is 7.90. The molecule has 1 aliphatic rings. The van der Waals surface area contributed by atoms with E-state index in [1.165, 1.54) is 6.07 Å². The number of amides is 2. The maximum Gasteiger partial charge on any atom is 0.266 e. The highest BCUT2D eigenvalue weighted by atomic mass is 32.2. The summed E-state index contributed by atoms with van der Waals surface area (Å²) in [6, 6.07) is 4.53. The summed E-state index contributed by atoms with van der Waals surface area (Å²) in [5, 5.41) is 2.47. The van der Waals surface area contributed by atoms with Gasteiger partial charge in [0.2, 0.25) is 5.91 Å². The normalized spacial score (nSPS) is 15.7. The number of fused-ring (bicyclic) bond motifs is 1. The molecule has 0 unspecified atom stereocenters. The molecular formula is C11H10N2O4S. The summed E-state index contributed by atoms with van der Waals surface area (Å²) < 4.78 is 25.4. The van der Waals surface area contributed by atoms with Gasteiger partial charge in [-0.2, -0.15) is 0 Å². The Balaban J connectivity index is 2.43. The van der Waals surface area contributed by atoms with Gasteiger partial charge in [-0.15, -0.1) is 0 Å². The number of benzene rings is 1. The minimum atomic E-state index is -3.82. The van der Waals surface area contributed by atoms with Crippen LogP contribution in [-0.2, 0) is 21.4 Å². The van der Waals surface area contributed by atoms with Gasteiger partial charge in [-0.1, -0.05) is 18.7 Å². The Morgan fingerprint density at radius 3 is 2.83 bits per heavy atom. The van der Waals surface area contributed by atoms with Crippen LogP contribution < -0.4 is 10.0 Å². The fourth-order valence-electron chi connectivity index (χ4n) is 1.70. The number of nitrogens with one attached hydrogen (secondary N) is 2. The topological polar surface area (TPSA) is 92.3 Å². The van der Waals surface area contributed by atoms with E-state index in [0.717, 1.165) is 6.08 Å². The van der Waals surface area contributed by atoms with Gasteiger partial charge in [0.25, 0.3) is 15.9 Å². The van der Waals surface area contributed by atoms with Crippen molar-refractivity contribution in [3.05, 3.63) is 42.0 Å². The Morgan fingerprint density at radius 1 is 1.44 bits per heavy atom. The van der Waals surface area contributed by atoms with Crippen molar-refractivity contribution in [3.8, 4) is 0 Å². The second kappa shape index (κ2) is 4.26. The van der Waals surface area contributed by atoms with E-state index in [4.69, 9.17) is 0 Å². The molecule has 1 aromatic carbocycles. The summed E-state index contributed by atoms with van der Waals surface area (Å²) in [5.41, 5.74) is 0.460. The first kappa shape index (κ1) is 12.3. The Morgan fingerprint density at radius 2 is 2.17 bits per heavy atom. The average Bonchev–Trinajstić information content (AvgIpc) is 2.57. The molecule has 0 aliphatic carbocycles. The largest absolute Gasteiger partial charge is 0.348 e. The highest BCUT2D eigenvalue weighted by Gasteiger charge is 2.34. The lowest BCUT2D eigenvalue weighted by Gasteiger charge is -2.06. The summed E-state index contributed by atoms with van der Waals surface area (Å²) in [4.78, 5) is 22.4. The van der Waals surface area contributed by atoms with Gasteiger partial charge in [-0.05, 0) is 17.7 Å². The van der Waals surface area contributed by atoms with Gasteiger partial charge in [0.05, 0.1) is 5.56 Å². The van der Waals surface area contributed by atoms with Crippen LogP contribution in [-0.4, -0.2) is 20.2 Å². The molecule has 0 bridgehead atoms. The fraction of sp³-hybridized carbons (Fsp3) is 0.0909. The van der Waals surface area contributed by atoms with Gasteiger partial charge in [-0.25, -0.2) is 13.1 Å². The first-order chi connectivity index (χ1) is 8.45. The van der Waals surface area contributed by atoms with Gasteiger partial charge < -0.3 is 5.32 Å². The van der Waals surface area contributed by atoms with E-state index in [-0.39, 0.29) is 17.0 Å². The van der Waals surface area contributed by atoms with Crippen molar-refractivity contribution >= 4 is 21.8 Å². The van der Waals surface area contributed by atoms with Crippen LogP contribution in [0, 0.1) is 0 Å².